The number of carbonyl (C=O) groups is 3. The Bertz CT molecular complexity index is 1320. The molecule has 4 rings (SSSR count). The van der Waals surface area contributed by atoms with E-state index in [1.807, 2.05) is 18.2 Å². The Morgan fingerprint density at radius 1 is 0.872 bits per heavy atom. The summed E-state index contributed by atoms with van der Waals surface area (Å²) >= 11 is 0. The van der Waals surface area contributed by atoms with E-state index in [9.17, 15) is 14.4 Å². The molecule has 2 atom stereocenters. The van der Waals surface area contributed by atoms with Gasteiger partial charge in [0.15, 0.2) is 17.3 Å². The van der Waals surface area contributed by atoms with Crippen molar-refractivity contribution in [2.45, 2.75) is 31.6 Å². The van der Waals surface area contributed by atoms with E-state index in [1.165, 1.54) is 14.2 Å². The van der Waals surface area contributed by atoms with Gasteiger partial charge < -0.3 is 29.0 Å². The Labute approximate surface area is 227 Å². The van der Waals surface area contributed by atoms with Crippen molar-refractivity contribution in [1.29, 1.82) is 0 Å². The van der Waals surface area contributed by atoms with Gasteiger partial charge in [-0.2, -0.15) is 0 Å². The fourth-order valence-corrected chi connectivity index (χ4v) is 5.21. The quantitative estimate of drug-likeness (QED) is 0.376. The van der Waals surface area contributed by atoms with Crippen LogP contribution in [0.3, 0.4) is 0 Å². The van der Waals surface area contributed by atoms with Crippen molar-refractivity contribution in [2.75, 3.05) is 41.7 Å². The average molecular weight is 536 g/mol. The Balaban J connectivity index is 1.74. The van der Waals surface area contributed by atoms with Gasteiger partial charge in [0.25, 0.3) is 0 Å². The van der Waals surface area contributed by atoms with Crippen molar-refractivity contribution < 1.29 is 38.1 Å². The lowest BCUT2D eigenvalue weighted by Crippen LogP contribution is -2.36. The van der Waals surface area contributed by atoms with Crippen LogP contribution in [0.5, 0.6) is 11.5 Å². The summed E-state index contributed by atoms with van der Waals surface area (Å²) in [5.74, 6) is -0.592. The molecule has 9 heteroatoms. The Hall–Kier alpha value is -4.11. The van der Waals surface area contributed by atoms with Crippen molar-refractivity contribution in [1.82, 2.24) is 5.32 Å². The van der Waals surface area contributed by atoms with E-state index in [-0.39, 0.29) is 31.3 Å². The molecule has 39 heavy (non-hydrogen) atoms. The first-order valence-electron chi connectivity index (χ1n) is 12.6. The predicted octanol–water partition coefficient (Wildman–Crippen LogP) is 4.04. The van der Waals surface area contributed by atoms with Gasteiger partial charge in [0.05, 0.1) is 39.1 Å². The van der Waals surface area contributed by atoms with Crippen molar-refractivity contribution >= 4 is 17.7 Å². The van der Waals surface area contributed by atoms with Gasteiger partial charge in [-0.15, -0.1) is 0 Å². The summed E-state index contributed by atoms with van der Waals surface area (Å²) in [6.45, 7) is 2.14. The number of rotatable bonds is 9. The predicted molar refractivity (Wildman–Crippen MR) is 143 cm³/mol. The van der Waals surface area contributed by atoms with E-state index in [0.717, 1.165) is 11.3 Å². The highest BCUT2D eigenvalue weighted by Crippen LogP contribution is 2.46. The summed E-state index contributed by atoms with van der Waals surface area (Å²) in [6, 6.07) is 12.4. The molecule has 0 aromatic heterocycles. The highest BCUT2D eigenvalue weighted by molar-refractivity contribution is 6.04. The van der Waals surface area contributed by atoms with Crippen LogP contribution in [0.1, 0.15) is 53.1 Å². The largest absolute Gasteiger partial charge is 0.493 e. The number of benzene rings is 2. The van der Waals surface area contributed by atoms with Gasteiger partial charge in [-0.05, 0) is 54.7 Å². The average Bonchev–Trinajstić information content (AvgIpc) is 2.95. The molecule has 0 fully saturated rings. The zero-order chi connectivity index (χ0) is 28.1. The van der Waals surface area contributed by atoms with Gasteiger partial charge in [-0.1, -0.05) is 18.2 Å². The molecule has 0 bridgehead atoms. The van der Waals surface area contributed by atoms with Crippen LogP contribution in [-0.2, 0) is 23.8 Å². The summed E-state index contributed by atoms with van der Waals surface area (Å²) in [4.78, 5) is 39.1. The van der Waals surface area contributed by atoms with Gasteiger partial charge in [0.2, 0.25) is 0 Å². The molecule has 2 aromatic carbocycles. The maximum Gasteiger partial charge on any atom is 0.337 e. The SMILES string of the molecule is COCCOC(=O)C1=C(C)NC2=C(C(=O)C[C@@H](c3ccc(OC)c(OC)c3)C2)[C@H]1c1ccc(C(=O)OC)cc1. The second-order valence-corrected chi connectivity index (χ2v) is 9.37. The van der Waals surface area contributed by atoms with E-state index in [1.54, 1.807) is 45.4 Å². The molecule has 0 spiro atoms. The standard InChI is InChI=1S/C30H33NO8/c1-17-26(30(34)39-13-12-35-2)27(18-6-8-19(9-7-18)29(33)38-5)28-22(31-17)14-21(15-23(28)32)20-10-11-24(36-3)25(16-20)37-4/h6-11,16,21,27,31H,12-15H2,1-5H3/t21-,27-/m0/s1. The normalized spacial score (nSPS) is 18.7. The zero-order valence-electron chi connectivity index (χ0n) is 22.8. The summed E-state index contributed by atoms with van der Waals surface area (Å²) < 4.78 is 26.1. The number of carbonyl (C=O) groups excluding carboxylic acids is 3. The molecule has 0 unspecified atom stereocenters. The topological polar surface area (TPSA) is 109 Å². The van der Waals surface area contributed by atoms with Crippen molar-refractivity contribution in [2.24, 2.45) is 0 Å². The van der Waals surface area contributed by atoms with Crippen LogP contribution in [0.15, 0.2) is 65.0 Å². The van der Waals surface area contributed by atoms with Crippen LogP contribution in [-0.4, -0.2) is 59.4 Å². The second-order valence-electron chi connectivity index (χ2n) is 9.37. The van der Waals surface area contributed by atoms with Crippen LogP contribution in [0.2, 0.25) is 0 Å². The van der Waals surface area contributed by atoms with Gasteiger partial charge in [0, 0.05) is 36.4 Å². The molecule has 0 radical (unpaired) electrons. The molecular weight excluding hydrogens is 502 g/mol. The second kappa shape index (κ2) is 12.2. The summed E-state index contributed by atoms with van der Waals surface area (Å²) in [7, 11) is 6.00. The lowest BCUT2D eigenvalue weighted by atomic mass is 9.71. The van der Waals surface area contributed by atoms with E-state index < -0.39 is 17.9 Å². The molecule has 9 nitrogen and oxygen atoms in total. The first-order valence-corrected chi connectivity index (χ1v) is 12.6. The number of hydrogen-bond acceptors (Lipinski definition) is 9. The van der Waals surface area contributed by atoms with E-state index in [4.69, 9.17) is 23.7 Å². The number of Topliss-reactive ketones (excluding diaryl/α,β-unsaturated/α-hetero) is 1. The number of allylic oxidation sites excluding steroid dienone is 3. The lowest BCUT2D eigenvalue weighted by Gasteiger charge is -2.36. The molecule has 2 aromatic rings. The third-order valence-corrected chi connectivity index (χ3v) is 7.11. The van der Waals surface area contributed by atoms with Gasteiger partial charge in [-0.3, -0.25) is 4.79 Å². The van der Waals surface area contributed by atoms with Gasteiger partial charge in [-0.25, -0.2) is 9.59 Å². The number of nitrogens with one attached hydrogen (secondary N) is 1. The molecule has 1 heterocycles. The lowest BCUT2D eigenvalue weighted by molar-refractivity contribution is -0.140. The molecule has 0 saturated carbocycles. The summed E-state index contributed by atoms with van der Waals surface area (Å²) in [5.41, 5.74) is 4.29. The van der Waals surface area contributed by atoms with E-state index >= 15 is 0 Å². The molecular formula is C30H33NO8. The molecule has 0 saturated heterocycles. The third kappa shape index (κ3) is 5.68. The van der Waals surface area contributed by atoms with Crippen LogP contribution >= 0.6 is 0 Å². The van der Waals surface area contributed by atoms with Gasteiger partial charge >= 0.3 is 11.9 Å². The Morgan fingerprint density at radius 2 is 1.56 bits per heavy atom. The maximum atomic E-state index is 13.8. The van der Waals surface area contributed by atoms with Crippen molar-refractivity contribution in [3.05, 3.63) is 81.7 Å². The minimum absolute atomic E-state index is 0.0692. The molecule has 1 N–H and O–H groups in total. The number of dihydropyridines is 1. The van der Waals surface area contributed by atoms with Crippen LogP contribution in [0.25, 0.3) is 0 Å². The van der Waals surface area contributed by atoms with Crippen molar-refractivity contribution in [3.63, 3.8) is 0 Å². The van der Waals surface area contributed by atoms with Crippen LogP contribution < -0.4 is 14.8 Å². The highest BCUT2D eigenvalue weighted by atomic mass is 16.6. The molecule has 206 valence electrons. The fraction of sp³-hybridized carbons (Fsp3) is 0.367. The fourth-order valence-electron chi connectivity index (χ4n) is 5.21. The summed E-state index contributed by atoms with van der Waals surface area (Å²) in [5, 5.41) is 3.34. The first-order chi connectivity index (χ1) is 18.8. The molecule has 1 aliphatic heterocycles. The first kappa shape index (κ1) is 27.9. The number of ketones is 1. The molecule has 2 aliphatic rings. The smallest absolute Gasteiger partial charge is 0.337 e. The van der Waals surface area contributed by atoms with E-state index in [2.05, 4.69) is 5.32 Å². The minimum atomic E-state index is -0.651. The summed E-state index contributed by atoms with van der Waals surface area (Å²) in [6.07, 6.45) is 0.828. The molecule has 1 aliphatic carbocycles. The number of ether oxygens (including phenoxy) is 5. The number of methoxy groups -OCH3 is 4. The number of hydrogen-bond donors (Lipinski definition) is 1. The van der Waals surface area contributed by atoms with Crippen LogP contribution in [0, 0.1) is 0 Å². The van der Waals surface area contributed by atoms with Gasteiger partial charge in [0.1, 0.15) is 6.61 Å². The zero-order valence-corrected chi connectivity index (χ0v) is 22.8. The minimum Gasteiger partial charge on any atom is -0.493 e. The third-order valence-electron chi connectivity index (χ3n) is 7.11. The molecule has 0 amide bonds. The maximum absolute atomic E-state index is 13.8. The van der Waals surface area contributed by atoms with Crippen molar-refractivity contribution in [3.8, 4) is 11.5 Å². The Kier molecular flexibility index (Phi) is 8.71. The Morgan fingerprint density at radius 3 is 2.21 bits per heavy atom. The van der Waals surface area contributed by atoms with Crippen LogP contribution in [0.4, 0.5) is 0 Å². The monoisotopic (exact) mass is 535 g/mol. The highest BCUT2D eigenvalue weighted by Gasteiger charge is 2.41. The number of esters is 2. The van der Waals surface area contributed by atoms with E-state index in [0.29, 0.717) is 45.9 Å².